The lowest BCUT2D eigenvalue weighted by molar-refractivity contribution is -0.385. The number of nitrogens with zero attached hydrogens (tertiary/aromatic N) is 2. The third-order valence-corrected chi connectivity index (χ3v) is 3.63. The van der Waals surface area contributed by atoms with E-state index in [2.05, 4.69) is 6.92 Å². The van der Waals surface area contributed by atoms with Crippen LogP contribution < -0.4 is 4.90 Å². The van der Waals surface area contributed by atoms with E-state index < -0.39 is 4.92 Å². The molecule has 0 spiro atoms. The van der Waals surface area contributed by atoms with Crippen molar-refractivity contribution in [2.24, 2.45) is 0 Å². The van der Waals surface area contributed by atoms with E-state index in [0.717, 1.165) is 11.4 Å². The summed E-state index contributed by atoms with van der Waals surface area (Å²) in [4.78, 5) is 23.1. The third-order valence-electron chi connectivity index (χ3n) is 2.81. The van der Waals surface area contributed by atoms with E-state index in [0.29, 0.717) is 12.3 Å². The van der Waals surface area contributed by atoms with Crippen LogP contribution in [0.5, 0.6) is 0 Å². The molecule has 1 atom stereocenters. The Hall–Kier alpha value is -1.56. The van der Waals surface area contributed by atoms with Crippen molar-refractivity contribution in [2.75, 3.05) is 24.0 Å². The summed E-state index contributed by atoms with van der Waals surface area (Å²) < 4.78 is 0. The smallest absolute Gasteiger partial charge is 0.280 e. The minimum absolute atomic E-state index is 0.112. The lowest BCUT2D eigenvalue weighted by Crippen LogP contribution is -2.30. The number of benzene rings is 1. The van der Waals surface area contributed by atoms with Gasteiger partial charge in [-0.25, -0.2) is 0 Å². The zero-order chi connectivity index (χ0) is 13.7. The fraction of sp³-hybridized carbons (Fsp3) is 0.417. The van der Waals surface area contributed by atoms with Gasteiger partial charge in [0.15, 0.2) is 6.29 Å². The molecule has 0 bridgehead atoms. The minimum atomic E-state index is -0.543. The lowest BCUT2D eigenvalue weighted by Gasteiger charge is -2.26. The standard InChI is InChI=1S/C12H16N2O3S/c1-9(8-18-3)13(2)11-4-5-12(14(16)17)10(6-11)7-15/h4-7,9H,8H2,1-3H3. The average molecular weight is 268 g/mol. The number of carbonyl (C=O) groups excluding carboxylic acids is 1. The Morgan fingerprint density at radius 1 is 1.56 bits per heavy atom. The second kappa shape index (κ2) is 6.39. The number of rotatable bonds is 6. The van der Waals surface area contributed by atoms with Crippen molar-refractivity contribution in [3.8, 4) is 0 Å². The molecule has 0 fully saturated rings. The Balaban J connectivity index is 3.05. The van der Waals surface area contributed by atoms with Crippen LogP contribution in [-0.4, -0.2) is 36.3 Å². The summed E-state index contributed by atoms with van der Waals surface area (Å²) in [5.74, 6) is 0.948. The van der Waals surface area contributed by atoms with Crippen LogP contribution in [0.25, 0.3) is 0 Å². The molecule has 0 aliphatic rings. The van der Waals surface area contributed by atoms with Crippen LogP contribution in [0.3, 0.4) is 0 Å². The van der Waals surface area contributed by atoms with E-state index in [4.69, 9.17) is 0 Å². The summed E-state index contributed by atoms with van der Waals surface area (Å²) >= 11 is 1.73. The van der Waals surface area contributed by atoms with Crippen molar-refractivity contribution >= 4 is 29.4 Å². The number of thioether (sulfide) groups is 1. The Bertz CT molecular complexity index is 451. The summed E-state index contributed by atoms with van der Waals surface area (Å²) in [7, 11) is 1.91. The lowest BCUT2D eigenvalue weighted by atomic mass is 10.1. The SMILES string of the molecule is CSCC(C)N(C)c1ccc([N+](=O)[O-])c(C=O)c1. The number of anilines is 1. The molecule has 5 nitrogen and oxygen atoms in total. The Kier molecular flexibility index (Phi) is 5.15. The van der Waals surface area contributed by atoms with Crippen LogP contribution in [0.15, 0.2) is 18.2 Å². The van der Waals surface area contributed by atoms with Crippen LogP contribution in [0.4, 0.5) is 11.4 Å². The largest absolute Gasteiger partial charge is 0.371 e. The third kappa shape index (κ3) is 3.22. The molecular weight excluding hydrogens is 252 g/mol. The maximum atomic E-state index is 10.9. The van der Waals surface area contributed by atoms with Gasteiger partial charge in [-0.15, -0.1) is 0 Å². The summed E-state index contributed by atoms with van der Waals surface area (Å²) in [5, 5.41) is 10.7. The van der Waals surface area contributed by atoms with Crippen molar-refractivity contribution in [2.45, 2.75) is 13.0 Å². The quantitative estimate of drug-likeness (QED) is 0.451. The first-order valence-corrected chi connectivity index (χ1v) is 6.86. The van der Waals surface area contributed by atoms with Gasteiger partial charge >= 0.3 is 0 Å². The fourth-order valence-electron chi connectivity index (χ4n) is 1.63. The van der Waals surface area contributed by atoms with Gasteiger partial charge in [0.05, 0.1) is 10.5 Å². The molecule has 0 amide bonds. The number of nitro benzene ring substituents is 1. The second-order valence-electron chi connectivity index (χ2n) is 4.03. The van der Waals surface area contributed by atoms with Crippen molar-refractivity contribution in [1.82, 2.24) is 0 Å². The maximum Gasteiger partial charge on any atom is 0.280 e. The normalized spacial score (nSPS) is 11.9. The maximum absolute atomic E-state index is 10.9. The van der Waals surface area contributed by atoms with Gasteiger partial charge in [-0.1, -0.05) is 0 Å². The highest BCUT2D eigenvalue weighted by molar-refractivity contribution is 7.98. The highest BCUT2D eigenvalue weighted by Crippen LogP contribution is 2.24. The zero-order valence-corrected chi connectivity index (χ0v) is 11.4. The molecule has 0 aliphatic heterocycles. The number of carbonyl (C=O) groups is 1. The van der Waals surface area contributed by atoms with E-state index in [-0.39, 0.29) is 11.3 Å². The van der Waals surface area contributed by atoms with Gasteiger partial charge < -0.3 is 4.90 Å². The van der Waals surface area contributed by atoms with Crippen molar-refractivity contribution in [3.05, 3.63) is 33.9 Å². The fourth-order valence-corrected chi connectivity index (χ4v) is 2.34. The molecule has 0 heterocycles. The van der Waals surface area contributed by atoms with E-state index >= 15 is 0 Å². The van der Waals surface area contributed by atoms with Crippen LogP contribution in [-0.2, 0) is 0 Å². The van der Waals surface area contributed by atoms with Crippen molar-refractivity contribution in [3.63, 3.8) is 0 Å². The molecule has 6 heteroatoms. The molecular formula is C12H16N2O3S. The van der Waals surface area contributed by atoms with Gasteiger partial charge in [-0.3, -0.25) is 14.9 Å². The highest BCUT2D eigenvalue weighted by atomic mass is 32.2. The molecule has 0 N–H and O–H groups in total. The minimum Gasteiger partial charge on any atom is -0.371 e. The Morgan fingerprint density at radius 2 is 2.22 bits per heavy atom. The number of aldehydes is 1. The van der Waals surface area contributed by atoms with Crippen LogP contribution in [0.2, 0.25) is 0 Å². The predicted molar refractivity (Wildman–Crippen MR) is 74.7 cm³/mol. The molecule has 0 saturated carbocycles. The number of hydrogen-bond donors (Lipinski definition) is 0. The van der Waals surface area contributed by atoms with Crippen LogP contribution >= 0.6 is 11.8 Å². The van der Waals surface area contributed by atoms with Gasteiger partial charge in [-0.05, 0) is 25.3 Å². The summed E-state index contributed by atoms with van der Waals surface area (Å²) in [5.41, 5.74) is 0.768. The van der Waals surface area contributed by atoms with Gasteiger partial charge in [0.1, 0.15) is 0 Å². The van der Waals surface area contributed by atoms with E-state index in [1.807, 2.05) is 18.2 Å². The first-order valence-electron chi connectivity index (χ1n) is 5.46. The first-order chi connectivity index (χ1) is 8.51. The summed E-state index contributed by atoms with van der Waals surface area (Å²) in [6.45, 7) is 2.07. The molecule has 0 aromatic heterocycles. The average Bonchev–Trinajstić information content (AvgIpc) is 2.37. The van der Waals surface area contributed by atoms with E-state index in [1.165, 1.54) is 6.07 Å². The number of nitro groups is 1. The second-order valence-corrected chi connectivity index (χ2v) is 4.94. The molecule has 18 heavy (non-hydrogen) atoms. The molecule has 1 unspecified atom stereocenters. The molecule has 1 rings (SSSR count). The van der Waals surface area contributed by atoms with Gasteiger partial charge in [-0.2, -0.15) is 11.8 Å². The van der Waals surface area contributed by atoms with Gasteiger partial charge in [0, 0.05) is 30.6 Å². The zero-order valence-electron chi connectivity index (χ0n) is 10.6. The van der Waals surface area contributed by atoms with E-state index in [1.54, 1.807) is 23.9 Å². The van der Waals surface area contributed by atoms with E-state index in [9.17, 15) is 14.9 Å². The van der Waals surface area contributed by atoms with Gasteiger partial charge in [0.25, 0.3) is 5.69 Å². The topological polar surface area (TPSA) is 63.4 Å². The van der Waals surface area contributed by atoms with Crippen LogP contribution in [0, 0.1) is 10.1 Å². The van der Waals surface area contributed by atoms with Gasteiger partial charge in [0.2, 0.25) is 0 Å². The molecule has 0 aliphatic carbocycles. The monoisotopic (exact) mass is 268 g/mol. The molecule has 0 radical (unpaired) electrons. The summed E-state index contributed by atoms with van der Waals surface area (Å²) in [6.07, 6.45) is 2.55. The number of hydrogen-bond acceptors (Lipinski definition) is 5. The molecule has 0 saturated heterocycles. The Labute approximate surface area is 110 Å². The predicted octanol–water partition coefficient (Wildman–Crippen LogP) is 2.60. The first kappa shape index (κ1) is 14.5. The molecule has 1 aromatic rings. The highest BCUT2D eigenvalue weighted by Gasteiger charge is 2.16. The summed E-state index contributed by atoms with van der Waals surface area (Å²) in [6, 6.07) is 4.90. The Morgan fingerprint density at radius 3 is 2.72 bits per heavy atom. The van der Waals surface area contributed by atoms with Crippen molar-refractivity contribution in [1.29, 1.82) is 0 Å². The van der Waals surface area contributed by atoms with Crippen LogP contribution in [0.1, 0.15) is 17.3 Å². The molecule has 1 aromatic carbocycles. The molecule has 98 valence electrons. The van der Waals surface area contributed by atoms with Crippen molar-refractivity contribution < 1.29 is 9.72 Å².